The van der Waals surface area contributed by atoms with E-state index in [9.17, 15) is 4.79 Å². The van der Waals surface area contributed by atoms with Crippen LogP contribution in [0.4, 0.5) is 0 Å². The average molecular weight is 375 g/mol. The molecule has 1 atom stereocenters. The van der Waals surface area contributed by atoms with Gasteiger partial charge in [0, 0.05) is 16.3 Å². The van der Waals surface area contributed by atoms with Crippen molar-refractivity contribution >= 4 is 56.5 Å². The lowest BCUT2D eigenvalue weighted by atomic mass is 10.3. The number of hydrogen-bond acceptors (Lipinski definition) is 4. The summed E-state index contributed by atoms with van der Waals surface area (Å²) in [5.74, 6) is -0.800. The second-order valence-electron chi connectivity index (χ2n) is 4.37. The van der Waals surface area contributed by atoms with Crippen LogP contribution < -0.4 is 0 Å². The highest BCUT2D eigenvalue weighted by atomic mass is 79.9. The topological polar surface area (TPSA) is 55.1 Å². The summed E-state index contributed by atoms with van der Waals surface area (Å²) >= 11 is 6.52. The Morgan fingerprint density at radius 2 is 2.30 bits per heavy atom. The smallest absolute Gasteiger partial charge is 0.313 e. The van der Waals surface area contributed by atoms with Crippen LogP contribution in [0.15, 0.2) is 27.8 Å². The first-order valence-electron chi connectivity index (χ1n) is 6.04. The van der Waals surface area contributed by atoms with Gasteiger partial charge in [0.15, 0.2) is 5.16 Å². The van der Waals surface area contributed by atoms with Crippen molar-refractivity contribution in [3.05, 3.63) is 22.7 Å². The van der Waals surface area contributed by atoms with E-state index in [1.54, 1.807) is 11.8 Å². The maximum Gasteiger partial charge on any atom is 0.313 e. The molecular formula is C13H15BrN2O2S2. The zero-order valence-corrected chi connectivity index (χ0v) is 14.4. The van der Waals surface area contributed by atoms with Crippen molar-refractivity contribution < 1.29 is 9.90 Å². The minimum absolute atomic E-state index is 0.0259. The fourth-order valence-electron chi connectivity index (χ4n) is 1.82. The fraction of sp³-hybridized carbons (Fsp3) is 0.385. The molecule has 1 heterocycles. The van der Waals surface area contributed by atoms with Gasteiger partial charge in [0.1, 0.15) is 0 Å². The van der Waals surface area contributed by atoms with Crippen molar-refractivity contribution in [1.82, 2.24) is 9.55 Å². The first-order valence-corrected chi connectivity index (χ1v) is 9.11. The summed E-state index contributed by atoms with van der Waals surface area (Å²) in [6.07, 6.45) is 2.07. The predicted octanol–water partition coefficient (Wildman–Crippen LogP) is 3.73. The van der Waals surface area contributed by atoms with Gasteiger partial charge in [-0.25, -0.2) is 4.98 Å². The van der Waals surface area contributed by atoms with Crippen LogP contribution in [0.2, 0.25) is 0 Å². The van der Waals surface area contributed by atoms with Gasteiger partial charge in [-0.15, -0.1) is 0 Å². The van der Waals surface area contributed by atoms with Crippen molar-refractivity contribution in [1.29, 1.82) is 0 Å². The number of benzene rings is 1. The highest BCUT2D eigenvalue weighted by molar-refractivity contribution is 9.10. The van der Waals surface area contributed by atoms with E-state index in [0.717, 1.165) is 27.2 Å². The second kappa shape index (κ2) is 6.87. The Morgan fingerprint density at radius 1 is 1.55 bits per heavy atom. The first kappa shape index (κ1) is 15.7. The van der Waals surface area contributed by atoms with Crippen molar-refractivity contribution in [2.24, 2.45) is 0 Å². The van der Waals surface area contributed by atoms with E-state index in [1.807, 2.05) is 18.2 Å². The maximum absolute atomic E-state index is 10.8. The third-order valence-electron chi connectivity index (χ3n) is 2.84. The monoisotopic (exact) mass is 374 g/mol. The van der Waals surface area contributed by atoms with Gasteiger partial charge < -0.3 is 9.67 Å². The van der Waals surface area contributed by atoms with E-state index >= 15 is 0 Å². The molecule has 0 bridgehead atoms. The molecule has 0 saturated heterocycles. The molecule has 4 nitrogen and oxygen atoms in total. The molecule has 7 heteroatoms. The molecule has 0 aliphatic carbocycles. The first-order chi connectivity index (χ1) is 9.51. The molecule has 2 aromatic rings. The maximum atomic E-state index is 10.8. The van der Waals surface area contributed by atoms with Crippen LogP contribution in [0.1, 0.15) is 6.92 Å². The van der Waals surface area contributed by atoms with Crippen LogP contribution in [-0.4, -0.2) is 37.9 Å². The molecule has 1 unspecified atom stereocenters. The summed E-state index contributed by atoms with van der Waals surface area (Å²) in [5.41, 5.74) is 1.93. The summed E-state index contributed by atoms with van der Waals surface area (Å²) < 4.78 is 3.10. The minimum Gasteiger partial charge on any atom is -0.481 e. The number of carboxylic acid groups (broad SMARTS) is 1. The lowest BCUT2D eigenvalue weighted by Gasteiger charge is -2.12. The molecule has 1 aromatic heterocycles. The van der Waals surface area contributed by atoms with Crippen molar-refractivity contribution in [2.45, 2.75) is 23.9 Å². The normalized spacial score (nSPS) is 12.8. The molecule has 0 aliphatic heterocycles. The number of rotatable bonds is 6. The number of aromatic nitrogens is 2. The van der Waals surface area contributed by atoms with Crippen LogP contribution in [0.5, 0.6) is 0 Å². The standard InChI is InChI=1S/C13H15BrN2O2S2/c1-8(19-2)6-16-11-5-9(14)3-4-10(11)15-13(16)20-7-12(17)18/h3-5,8H,6-7H2,1-2H3,(H,17,18). The van der Waals surface area contributed by atoms with E-state index in [4.69, 9.17) is 5.11 Å². The largest absolute Gasteiger partial charge is 0.481 e. The van der Waals surface area contributed by atoms with Crippen molar-refractivity contribution in [3.63, 3.8) is 0 Å². The Morgan fingerprint density at radius 3 is 2.95 bits per heavy atom. The number of halogens is 1. The van der Waals surface area contributed by atoms with Gasteiger partial charge in [-0.2, -0.15) is 11.8 Å². The van der Waals surface area contributed by atoms with Gasteiger partial charge in [-0.1, -0.05) is 34.6 Å². The molecule has 108 valence electrons. The van der Waals surface area contributed by atoms with Crippen LogP contribution in [0.3, 0.4) is 0 Å². The third-order valence-corrected chi connectivity index (χ3v) is 5.25. The number of carbonyl (C=O) groups is 1. The number of hydrogen-bond donors (Lipinski definition) is 1. The summed E-state index contributed by atoms with van der Waals surface area (Å²) in [7, 11) is 0. The number of aliphatic carboxylic acids is 1. The van der Waals surface area contributed by atoms with E-state index < -0.39 is 5.97 Å². The number of nitrogens with zero attached hydrogens (tertiary/aromatic N) is 2. The Hall–Kier alpha value is -0.660. The van der Waals surface area contributed by atoms with E-state index in [-0.39, 0.29) is 5.75 Å². The molecule has 20 heavy (non-hydrogen) atoms. The molecule has 2 rings (SSSR count). The lowest BCUT2D eigenvalue weighted by Crippen LogP contribution is -2.10. The summed E-state index contributed by atoms with van der Waals surface area (Å²) in [6, 6.07) is 5.92. The molecule has 0 spiro atoms. The highest BCUT2D eigenvalue weighted by Gasteiger charge is 2.15. The van der Waals surface area contributed by atoms with E-state index in [0.29, 0.717) is 5.25 Å². The molecule has 0 saturated carbocycles. The molecule has 0 fully saturated rings. The quantitative estimate of drug-likeness (QED) is 0.780. The van der Waals surface area contributed by atoms with Gasteiger partial charge in [0.25, 0.3) is 0 Å². The molecular weight excluding hydrogens is 360 g/mol. The number of carboxylic acids is 1. The number of fused-ring (bicyclic) bond motifs is 1. The Labute approximate surface area is 134 Å². The van der Waals surface area contributed by atoms with Gasteiger partial charge in [0.2, 0.25) is 0 Å². The van der Waals surface area contributed by atoms with Gasteiger partial charge in [-0.05, 0) is 24.5 Å². The number of thioether (sulfide) groups is 2. The Bertz CT molecular complexity index is 630. The third kappa shape index (κ3) is 3.71. The zero-order chi connectivity index (χ0) is 14.7. The second-order valence-corrected chi connectivity index (χ2v) is 7.50. The van der Waals surface area contributed by atoms with Crippen LogP contribution in [0.25, 0.3) is 11.0 Å². The zero-order valence-electron chi connectivity index (χ0n) is 11.2. The summed E-state index contributed by atoms with van der Waals surface area (Å²) in [5, 5.41) is 10.0. The lowest BCUT2D eigenvalue weighted by molar-refractivity contribution is -0.133. The SMILES string of the molecule is CSC(C)Cn1c(SCC(=O)O)nc2ccc(Br)cc21. The predicted molar refractivity (Wildman–Crippen MR) is 88.8 cm³/mol. The fourth-order valence-corrected chi connectivity index (χ4v) is 3.21. The summed E-state index contributed by atoms with van der Waals surface area (Å²) in [6.45, 7) is 2.97. The van der Waals surface area contributed by atoms with E-state index in [1.165, 1.54) is 11.8 Å². The Kier molecular flexibility index (Phi) is 5.40. The van der Waals surface area contributed by atoms with Crippen LogP contribution in [-0.2, 0) is 11.3 Å². The van der Waals surface area contributed by atoms with Gasteiger partial charge in [-0.3, -0.25) is 4.79 Å². The van der Waals surface area contributed by atoms with Crippen LogP contribution >= 0.6 is 39.5 Å². The highest BCUT2D eigenvalue weighted by Crippen LogP contribution is 2.27. The minimum atomic E-state index is -0.826. The van der Waals surface area contributed by atoms with Gasteiger partial charge >= 0.3 is 5.97 Å². The Balaban J connectivity index is 2.42. The summed E-state index contributed by atoms with van der Waals surface area (Å²) in [4.78, 5) is 15.3. The molecule has 0 aliphatic rings. The number of imidazole rings is 1. The van der Waals surface area contributed by atoms with Crippen molar-refractivity contribution in [2.75, 3.05) is 12.0 Å². The molecule has 1 N–H and O–H groups in total. The van der Waals surface area contributed by atoms with Crippen molar-refractivity contribution in [3.8, 4) is 0 Å². The van der Waals surface area contributed by atoms with E-state index in [2.05, 4.69) is 38.7 Å². The molecule has 1 aromatic carbocycles. The molecule has 0 radical (unpaired) electrons. The van der Waals surface area contributed by atoms with Crippen LogP contribution in [0, 0.1) is 0 Å². The average Bonchev–Trinajstić information content (AvgIpc) is 2.74. The van der Waals surface area contributed by atoms with Gasteiger partial charge in [0.05, 0.1) is 16.8 Å². The molecule has 0 amide bonds.